The molecular formula is C15H23NO3. The first-order valence-corrected chi connectivity index (χ1v) is 6.81. The summed E-state index contributed by atoms with van der Waals surface area (Å²) < 4.78 is 10.6. The zero-order chi connectivity index (χ0) is 13.8. The second-order valence-corrected chi connectivity index (χ2v) is 5.20. The van der Waals surface area contributed by atoms with Gasteiger partial charge in [0, 0.05) is 17.7 Å². The molecule has 1 atom stereocenters. The molecule has 19 heavy (non-hydrogen) atoms. The van der Waals surface area contributed by atoms with Crippen molar-refractivity contribution in [1.29, 1.82) is 0 Å². The molecule has 1 aliphatic rings. The Balaban J connectivity index is 2.16. The van der Waals surface area contributed by atoms with Gasteiger partial charge in [0.15, 0.2) is 0 Å². The van der Waals surface area contributed by atoms with Crippen molar-refractivity contribution in [3.05, 3.63) is 23.8 Å². The van der Waals surface area contributed by atoms with E-state index in [0.717, 1.165) is 42.7 Å². The van der Waals surface area contributed by atoms with Crippen LogP contribution in [0.5, 0.6) is 11.5 Å². The molecule has 1 aromatic carbocycles. The van der Waals surface area contributed by atoms with Crippen molar-refractivity contribution in [2.24, 2.45) is 11.7 Å². The summed E-state index contributed by atoms with van der Waals surface area (Å²) in [6.45, 7) is 0. The fraction of sp³-hybridized carbons (Fsp3) is 0.600. The van der Waals surface area contributed by atoms with Gasteiger partial charge in [-0.25, -0.2) is 0 Å². The van der Waals surface area contributed by atoms with Gasteiger partial charge < -0.3 is 20.3 Å². The molecule has 3 N–H and O–H groups in total. The monoisotopic (exact) mass is 265 g/mol. The Kier molecular flexibility index (Phi) is 4.66. The van der Waals surface area contributed by atoms with Gasteiger partial charge in [-0.1, -0.05) is 6.07 Å². The number of hydrogen-bond acceptors (Lipinski definition) is 4. The summed E-state index contributed by atoms with van der Waals surface area (Å²) in [6, 6.07) is 5.71. The maximum absolute atomic E-state index is 9.57. The van der Waals surface area contributed by atoms with Crippen molar-refractivity contribution in [3.8, 4) is 11.5 Å². The van der Waals surface area contributed by atoms with E-state index in [0.29, 0.717) is 5.92 Å². The molecule has 0 aliphatic heterocycles. The van der Waals surface area contributed by atoms with Crippen LogP contribution in [0.3, 0.4) is 0 Å². The Morgan fingerprint density at radius 2 is 1.84 bits per heavy atom. The minimum absolute atomic E-state index is 0.0478. The average Bonchev–Trinajstić information content (AvgIpc) is 2.46. The standard InChI is InChI=1S/C15H23NO3/c1-18-12-7-8-13(14(9-12)19-2)15(16)10-3-5-11(17)6-4-10/h7-11,15,17H,3-6,16H2,1-2H3. The fourth-order valence-electron chi connectivity index (χ4n) is 2.81. The third kappa shape index (κ3) is 3.19. The molecule has 4 heteroatoms. The summed E-state index contributed by atoms with van der Waals surface area (Å²) in [6.07, 6.45) is 3.48. The highest BCUT2D eigenvalue weighted by Crippen LogP contribution is 2.37. The van der Waals surface area contributed by atoms with E-state index in [-0.39, 0.29) is 12.1 Å². The van der Waals surface area contributed by atoms with Crippen molar-refractivity contribution in [2.75, 3.05) is 14.2 Å². The summed E-state index contributed by atoms with van der Waals surface area (Å²) in [7, 11) is 3.28. The predicted molar refractivity (Wildman–Crippen MR) is 74.4 cm³/mol. The van der Waals surface area contributed by atoms with Gasteiger partial charge in [0.05, 0.1) is 20.3 Å². The van der Waals surface area contributed by atoms with Gasteiger partial charge in [0.1, 0.15) is 11.5 Å². The Morgan fingerprint density at radius 3 is 2.42 bits per heavy atom. The van der Waals surface area contributed by atoms with E-state index in [2.05, 4.69) is 0 Å². The minimum Gasteiger partial charge on any atom is -0.497 e. The number of nitrogens with two attached hydrogens (primary N) is 1. The molecule has 1 unspecified atom stereocenters. The van der Waals surface area contributed by atoms with Crippen molar-refractivity contribution < 1.29 is 14.6 Å². The van der Waals surface area contributed by atoms with Crippen molar-refractivity contribution >= 4 is 0 Å². The highest BCUT2D eigenvalue weighted by molar-refractivity contribution is 5.42. The van der Waals surface area contributed by atoms with Gasteiger partial charge in [0.25, 0.3) is 0 Å². The van der Waals surface area contributed by atoms with E-state index in [1.54, 1.807) is 14.2 Å². The number of benzene rings is 1. The number of methoxy groups -OCH3 is 2. The highest BCUT2D eigenvalue weighted by Gasteiger charge is 2.27. The van der Waals surface area contributed by atoms with Crippen molar-refractivity contribution in [2.45, 2.75) is 37.8 Å². The van der Waals surface area contributed by atoms with Crippen LogP contribution < -0.4 is 15.2 Å². The molecule has 0 aromatic heterocycles. The van der Waals surface area contributed by atoms with Crippen LogP contribution in [-0.4, -0.2) is 25.4 Å². The maximum atomic E-state index is 9.57. The molecule has 1 fully saturated rings. The maximum Gasteiger partial charge on any atom is 0.127 e. The van der Waals surface area contributed by atoms with E-state index in [1.165, 1.54) is 0 Å². The highest BCUT2D eigenvalue weighted by atomic mass is 16.5. The number of ether oxygens (including phenoxy) is 2. The summed E-state index contributed by atoms with van der Waals surface area (Å²) in [5.74, 6) is 1.95. The molecule has 0 radical (unpaired) electrons. The van der Waals surface area contributed by atoms with Crippen LogP contribution in [0.2, 0.25) is 0 Å². The third-order valence-corrected chi connectivity index (χ3v) is 4.05. The molecule has 1 aliphatic carbocycles. The first-order valence-electron chi connectivity index (χ1n) is 6.81. The lowest BCUT2D eigenvalue weighted by atomic mass is 9.80. The van der Waals surface area contributed by atoms with Crippen LogP contribution >= 0.6 is 0 Å². The smallest absolute Gasteiger partial charge is 0.127 e. The van der Waals surface area contributed by atoms with Crippen LogP contribution in [-0.2, 0) is 0 Å². The Labute approximate surface area is 114 Å². The first-order chi connectivity index (χ1) is 9.15. The summed E-state index contributed by atoms with van der Waals surface area (Å²) in [5, 5.41) is 9.57. The molecule has 0 amide bonds. The SMILES string of the molecule is COc1ccc(C(N)C2CCC(O)CC2)c(OC)c1. The van der Waals surface area contributed by atoms with Crippen LogP contribution in [0, 0.1) is 5.92 Å². The second kappa shape index (κ2) is 6.26. The minimum atomic E-state index is -0.152. The van der Waals surface area contributed by atoms with E-state index in [1.807, 2.05) is 18.2 Å². The van der Waals surface area contributed by atoms with Gasteiger partial charge in [-0.3, -0.25) is 0 Å². The van der Waals surface area contributed by atoms with E-state index >= 15 is 0 Å². The van der Waals surface area contributed by atoms with Gasteiger partial charge in [-0.2, -0.15) is 0 Å². The Bertz CT molecular complexity index is 414. The van der Waals surface area contributed by atoms with E-state index < -0.39 is 0 Å². The molecule has 1 saturated carbocycles. The van der Waals surface area contributed by atoms with Crippen LogP contribution in [0.25, 0.3) is 0 Å². The third-order valence-electron chi connectivity index (χ3n) is 4.05. The van der Waals surface area contributed by atoms with Crippen molar-refractivity contribution in [3.63, 3.8) is 0 Å². The summed E-state index contributed by atoms with van der Waals surface area (Å²) in [4.78, 5) is 0. The molecule has 0 saturated heterocycles. The Morgan fingerprint density at radius 1 is 1.16 bits per heavy atom. The van der Waals surface area contributed by atoms with Gasteiger partial charge in [0.2, 0.25) is 0 Å². The average molecular weight is 265 g/mol. The molecule has 2 rings (SSSR count). The lowest BCUT2D eigenvalue weighted by Crippen LogP contribution is -2.28. The fourth-order valence-corrected chi connectivity index (χ4v) is 2.81. The zero-order valence-electron chi connectivity index (χ0n) is 11.6. The van der Waals surface area contributed by atoms with Crippen LogP contribution in [0.4, 0.5) is 0 Å². The number of rotatable bonds is 4. The second-order valence-electron chi connectivity index (χ2n) is 5.20. The topological polar surface area (TPSA) is 64.7 Å². The van der Waals surface area contributed by atoms with Crippen LogP contribution in [0.1, 0.15) is 37.3 Å². The van der Waals surface area contributed by atoms with E-state index in [4.69, 9.17) is 15.2 Å². The van der Waals surface area contributed by atoms with Gasteiger partial charge >= 0.3 is 0 Å². The molecule has 0 spiro atoms. The predicted octanol–water partition coefficient (Wildman–Crippen LogP) is 2.25. The summed E-state index contributed by atoms with van der Waals surface area (Å²) >= 11 is 0. The quantitative estimate of drug-likeness (QED) is 0.876. The molecule has 0 heterocycles. The number of aliphatic hydroxyl groups excluding tert-OH is 1. The lowest BCUT2D eigenvalue weighted by Gasteiger charge is -2.31. The van der Waals surface area contributed by atoms with Crippen LogP contribution in [0.15, 0.2) is 18.2 Å². The first kappa shape index (κ1) is 14.2. The molecule has 0 bridgehead atoms. The lowest BCUT2D eigenvalue weighted by molar-refractivity contribution is 0.101. The Hall–Kier alpha value is -1.26. The van der Waals surface area contributed by atoms with Crippen molar-refractivity contribution in [1.82, 2.24) is 0 Å². The molecule has 4 nitrogen and oxygen atoms in total. The largest absolute Gasteiger partial charge is 0.497 e. The number of hydrogen-bond donors (Lipinski definition) is 2. The molecule has 1 aromatic rings. The number of aliphatic hydroxyl groups is 1. The molecule has 106 valence electrons. The molecular weight excluding hydrogens is 242 g/mol. The van der Waals surface area contributed by atoms with E-state index in [9.17, 15) is 5.11 Å². The normalized spacial score (nSPS) is 24.8. The van der Waals surface area contributed by atoms with Gasteiger partial charge in [-0.15, -0.1) is 0 Å². The summed E-state index contributed by atoms with van der Waals surface area (Å²) in [5.41, 5.74) is 7.40. The van der Waals surface area contributed by atoms with Gasteiger partial charge in [-0.05, 0) is 37.7 Å². The zero-order valence-corrected chi connectivity index (χ0v) is 11.6.